The number of nitriles is 1. The van der Waals surface area contributed by atoms with Crippen molar-refractivity contribution in [2.75, 3.05) is 11.4 Å². The van der Waals surface area contributed by atoms with Gasteiger partial charge in [-0.2, -0.15) is 23.4 Å². The van der Waals surface area contributed by atoms with Gasteiger partial charge < -0.3 is 14.5 Å². The average molecular weight is 543 g/mol. The Morgan fingerprint density at radius 3 is 2.46 bits per heavy atom. The summed E-state index contributed by atoms with van der Waals surface area (Å²) < 4.78 is 59.2. The third-order valence-electron chi connectivity index (χ3n) is 7.09. The van der Waals surface area contributed by atoms with Crippen LogP contribution in [0.1, 0.15) is 60.2 Å². The Bertz CT molecular complexity index is 1470. The normalized spacial score (nSPS) is 22.1. The van der Waals surface area contributed by atoms with Gasteiger partial charge in [0, 0.05) is 12.5 Å². The fourth-order valence-electron chi connectivity index (χ4n) is 5.02. The van der Waals surface area contributed by atoms with Gasteiger partial charge in [0.1, 0.15) is 24.0 Å². The number of piperazine rings is 1. The second-order valence-electron chi connectivity index (χ2n) is 9.65. The highest BCUT2D eigenvalue weighted by molar-refractivity contribution is 6.10. The largest absolute Gasteiger partial charge is 0.416 e. The Kier molecular flexibility index (Phi) is 6.38. The van der Waals surface area contributed by atoms with E-state index in [1.54, 1.807) is 0 Å². The first-order valence-corrected chi connectivity index (χ1v) is 11.9. The first kappa shape index (κ1) is 26.3. The average Bonchev–Trinajstić information content (AvgIpc) is 3.35. The maximum absolute atomic E-state index is 14.9. The monoisotopic (exact) mass is 543 g/mol. The molecule has 2 aromatic carbocycles. The minimum absolute atomic E-state index is 0.0358. The highest BCUT2D eigenvalue weighted by Crippen LogP contribution is 2.51. The molecular weight excluding hydrogens is 522 g/mol. The first-order valence-electron chi connectivity index (χ1n) is 11.9. The number of carbonyl (C=O) groups is 2. The smallest absolute Gasteiger partial charge is 0.385 e. The standard InChI is InChI=1S/C26H21F4N5O4/c1-14(36)22-32-23(39-33-22)17-9-25(10-17)24(38)34(20-7-4-16(11-31)8-19(20)27)13-21(37)35(25)12-15-2-5-18(6-3-15)26(28,29)30/h2-8,14,17,36H,9-10,12-13H2,1H3/t14?,17-,25+. The van der Waals surface area contributed by atoms with Crippen LogP contribution in [0.4, 0.5) is 23.2 Å². The van der Waals surface area contributed by atoms with Crippen LogP contribution < -0.4 is 4.90 Å². The van der Waals surface area contributed by atoms with Gasteiger partial charge in [-0.1, -0.05) is 17.3 Å². The Labute approximate surface area is 219 Å². The number of carbonyl (C=O) groups excluding carboxylic acids is 2. The summed E-state index contributed by atoms with van der Waals surface area (Å²) in [7, 11) is 0. The van der Waals surface area contributed by atoms with E-state index in [4.69, 9.17) is 9.78 Å². The van der Waals surface area contributed by atoms with E-state index in [2.05, 4.69) is 10.1 Å². The molecule has 1 spiro atoms. The highest BCUT2D eigenvalue weighted by atomic mass is 19.4. The predicted octanol–water partition coefficient (Wildman–Crippen LogP) is 3.84. The minimum Gasteiger partial charge on any atom is -0.385 e. The van der Waals surface area contributed by atoms with Crippen molar-refractivity contribution in [3.8, 4) is 6.07 Å². The number of nitrogens with zero attached hydrogens (tertiary/aromatic N) is 5. The molecule has 3 aromatic rings. The van der Waals surface area contributed by atoms with Gasteiger partial charge in [0.25, 0.3) is 5.91 Å². The molecule has 2 amide bonds. The fourth-order valence-corrected chi connectivity index (χ4v) is 5.02. The topological polar surface area (TPSA) is 124 Å². The van der Waals surface area contributed by atoms with Crippen molar-refractivity contribution in [3.05, 3.63) is 76.7 Å². The molecule has 2 aliphatic rings. The molecule has 1 saturated heterocycles. The van der Waals surface area contributed by atoms with Crippen LogP contribution in [0.2, 0.25) is 0 Å². The second-order valence-corrected chi connectivity index (χ2v) is 9.65. The number of aliphatic hydroxyl groups excluding tert-OH is 1. The molecule has 0 bridgehead atoms. The van der Waals surface area contributed by atoms with Gasteiger partial charge >= 0.3 is 6.18 Å². The van der Waals surface area contributed by atoms with E-state index >= 15 is 0 Å². The third kappa shape index (κ3) is 4.61. The molecule has 9 nitrogen and oxygen atoms in total. The fraction of sp³-hybridized carbons (Fsp3) is 0.346. The SMILES string of the molecule is CC(O)c1noc([C@H]2C[C@@]3(C2)C(=O)N(c2ccc(C#N)cc2F)CC(=O)N3Cc2ccc(C(F)(F)F)cc2)n1. The summed E-state index contributed by atoms with van der Waals surface area (Å²) in [5.41, 5.74) is -2.06. The van der Waals surface area contributed by atoms with E-state index in [0.717, 1.165) is 23.1 Å². The number of aliphatic hydroxyl groups is 1. The molecule has 1 atom stereocenters. The van der Waals surface area contributed by atoms with Crippen LogP contribution in [0, 0.1) is 17.1 Å². The number of anilines is 1. The van der Waals surface area contributed by atoms with Crippen LogP contribution in [0.25, 0.3) is 0 Å². The van der Waals surface area contributed by atoms with Crippen molar-refractivity contribution in [2.45, 2.75) is 50.0 Å². The predicted molar refractivity (Wildman–Crippen MR) is 125 cm³/mol. The van der Waals surface area contributed by atoms with Gasteiger partial charge in [-0.25, -0.2) is 4.39 Å². The molecule has 1 aliphatic carbocycles. The van der Waals surface area contributed by atoms with Gasteiger partial charge in [-0.3, -0.25) is 14.5 Å². The van der Waals surface area contributed by atoms with Crippen LogP contribution in [-0.4, -0.2) is 44.0 Å². The van der Waals surface area contributed by atoms with Gasteiger partial charge in [-0.15, -0.1) is 0 Å². The molecule has 13 heteroatoms. The molecule has 1 N–H and O–H groups in total. The number of hydrogen-bond donors (Lipinski definition) is 1. The number of amides is 2. The van der Waals surface area contributed by atoms with Gasteiger partial charge in [-0.05, 0) is 55.7 Å². The zero-order valence-electron chi connectivity index (χ0n) is 20.4. The number of hydrogen-bond acceptors (Lipinski definition) is 7. The Morgan fingerprint density at radius 2 is 1.90 bits per heavy atom. The van der Waals surface area contributed by atoms with E-state index in [0.29, 0.717) is 5.56 Å². The van der Waals surface area contributed by atoms with Crippen LogP contribution in [-0.2, 0) is 22.3 Å². The Hall–Kier alpha value is -4.31. The highest BCUT2D eigenvalue weighted by Gasteiger charge is 2.61. The lowest BCUT2D eigenvalue weighted by Crippen LogP contribution is -2.72. The van der Waals surface area contributed by atoms with E-state index in [9.17, 15) is 32.3 Å². The Morgan fingerprint density at radius 1 is 1.21 bits per heavy atom. The molecule has 1 saturated carbocycles. The van der Waals surface area contributed by atoms with Crippen molar-refractivity contribution in [1.82, 2.24) is 15.0 Å². The summed E-state index contributed by atoms with van der Waals surface area (Å²) in [4.78, 5) is 33.8. The van der Waals surface area contributed by atoms with Crippen molar-refractivity contribution in [1.29, 1.82) is 5.26 Å². The number of alkyl halides is 3. The van der Waals surface area contributed by atoms with Gasteiger partial charge in [0.05, 0.1) is 22.9 Å². The summed E-state index contributed by atoms with van der Waals surface area (Å²) in [5, 5.41) is 22.5. The first-order chi connectivity index (χ1) is 18.4. The lowest BCUT2D eigenvalue weighted by Gasteiger charge is -2.56. The zero-order valence-corrected chi connectivity index (χ0v) is 20.4. The van der Waals surface area contributed by atoms with Crippen molar-refractivity contribution in [3.63, 3.8) is 0 Å². The molecule has 5 rings (SSSR count). The van der Waals surface area contributed by atoms with Crippen LogP contribution in [0.3, 0.4) is 0 Å². The Balaban J connectivity index is 1.48. The van der Waals surface area contributed by atoms with Crippen molar-refractivity contribution < 1.29 is 36.8 Å². The molecule has 1 aromatic heterocycles. The van der Waals surface area contributed by atoms with E-state index in [1.165, 1.54) is 36.1 Å². The number of halogens is 4. The lowest BCUT2D eigenvalue weighted by molar-refractivity contribution is -0.160. The number of rotatable bonds is 5. The molecule has 0 radical (unpaired) electrons. The molecule has 2 heterocycles. The van der Waals surface area contributed by atoms with Gasteiger partial charge in [0.15, 0.2) is 5.82 Å². The van der Waals surface area contributed by atoms with Crippen LogP contribution in [0.5, 0.6) is 0 Å². The maximum Gasteiger partial charge on any atom is 0.416 e. The molecule has 39 heavy (non-hydrogen) atoms. The zero-order chi connectivity index (χ0) is 28.1. The summed E-state index contributed by atoms with van der Waals surface area (Å²) in [5.74, 6) is -2.21. The maximum atomic E-state index is 14.9. The van der Waals surface area contributed by atoms with Crippen molar-refractivity contribution >= 4 is 17.5 Å². The van der Waals surface area contributed by atoms with Crippen LogP contribution in [0.15, 0.2) is 47.0 Å². The lowest BCUT2D eigenvalue weighted by atomic mass is 9.65. The molecule has 1 unspecified atom stereocenters. The van der Waals surface area contributed by atoms with E-state index in [-0.39, 0.29) is 42.4 Å². The summed E-state index contributed by atoms with van der Waals surface area (Å²) in [6, 6.07) is 9.63. The second kappa shape index (κ2) is 9.46. The third-order valence-corrected chi connectivity index (χ3v) is 7.09. The number of aromatic nitrogens is 2. The van der Waals surface area contributed by atoms with Gasteiger partial charge in [0.2, 0.25) is 11.8 Å². The summed E-state index contributed by atoms with van der Waals surface area (Å²) in [6.07, 6.45) is -5.44. The molecular formula is C26H21F4N5O4. The minimum atomic E-state index is -4.53. The molecule has 202 valence electrons. The van der Waals surface area contributed by atoms with E-state index < -0.39 is 53.5 Å². The quantitative estimate of drug-likeness (QED) is 0.485. The van der Waals surface area contributed by atoms with E-state index in [1.807, 2.05) is 6.07 Å². The molecule has 2 fully saturated rings. The summed E-state index contributed by atoms with van der Waals surface area (Å²) >= 11 is 0. The summed E-state index contributed by atoms with van der Waals surface area (Å²) in [6.45, 7) is 0.805. The molecule has 1 aliphatic heterocycles. The van der Waals surface area contributed by atoms with Crippen molar-refractivity contribution in [2.24, 2.45) is 0 Å². The van der Waals surface area contributed by atoms with Crippen LogP contribution >= 0.6 is 0 Å². The number of benzene rings is 2.